The molecule has 2 fully saturated rings. The molecule has 0 radical (unpaired) electrons. The van der Waals surface area contributed by atoms with Crippen LogP contribution in [0.3, 0.4) is 0 Å². The maximum absolute atomic E-state index is 13.2. The van der Waals surface area contributed by atoms with E-state index in [0.29, 0.717) is 10.9 Å². The van der Waals surface area contributed by atoms with Gasteiger partial charge < -0.3 is 0 Å². The third-order valence-electron chi connectivity index (χ3n) is 4.83. The van der Waals surface area contributed by atoms with E-state index in [9.17, 15) is 29.9 Å². The Kier molecular flexibility index (Phi) is 7.13. The molecule has 7 nitrogen and oxygen atoms in total. The molecule has 0 bridgehead atoms. The zero-order chi connectivity index (χ0) is 19.7. The van der Waals surface area contributed by atoms with Crippen LogP contribution in [0.4, 0.5) is 4.39 Å². The molecule has 152 valence electrons. The van der Waals surface area contributed by atoms with Crippen LogP contribution in [-0.2, 0) is 9.47 Å². The van der Waals surface area contributed by atoms with Crippen LogP contribution < -0.4 is 0 Å². The predicted molar refractivity (Wildman–Crippen MR) is 95.2 cm³/mol. The molecule has 2 saturated heterocycles. The normalized spacial score (nSPS) is 38.1. The fourth-order valence-corrected chi connectivity index (χ4v) is 9.24. The van der Waals surface area contributed by atoms with Gasteiger partial charge in [-0.1, -0.05) is 0 Å². The van der Waals surface area contributed by atoms with Crippen LogP contribution in [0.15, 0.2) is 18.2 Å². The quantitative estimate of drug-likeness (QED) is 0.389. The molecule has 0 aliphatic carbocycles. The van der Waals surface area contributed by atoms with Crippen molar-refractivity contribution in [1.29, 1.82) is 0 Å². The molecule has 2 unspecified atom stereocenters. The Balaban J connectivity index is 1.69. The third kappa shape index (κ3) is 4.64. The van der Waals surface area contributed by atoms with E-state index in [4.69, 9.17) is 21.1 Å². The van der Waals surface area contributed by atoms with Gasteiger partial charge in [-0.2, -0.15) is 0 Å². The topological polar surface area (TPSA) is 120 Å². The number of halogens is 2. The van der Waals surface area contributed by atoms with Gasteiger partial charge in [0.05, 0.1) is 0 Å². The monoisotopic (exact) mass is 473 g/mol. The minimum absolute atomic E-state index is 0.0978. The van der Waals surface area contributed by atoms with Gasteiger partial charge in [-0.25, -0.2) is 0 Å². The van der Waals surface area contributed by atoms with Crippen LogP contribution >= 0.6 is 11.6 Å². The predicted octanol–water partition coefficient (Wildman–Crippen LogP) is 0.208. The molecule has 5 N–H and O–H groups in total. The summed E-state index contributed by atoms with van der Waals surface area (Å²) in [6.45, 7) is -0.361. The summed E-state index contributed by atoms with van der Waals surface area (Å²) in [6, 6.07) is 3.76. The Hall–Kier alpha value is -0.321. The number of aliphatic hydroxyl groups is 5. The van der Waals surface area contributed by atoms with Crippen LogP contribution in [0.5, 0.6) is 0 Å². The molecule has 0 aromatic heterocycles. The summed E-state index contributed by atoms with van der Waals surface area (Å²) in [5.74, 6) is -0.505. The summed E-state index contributed by atoms with van der Waals surface area (Å²) >= 11 is 4.30. The molecule has 3 rings (SSSR count). The molecule has 8 atom stereocenters. The van der Waals surface area contributed by atoms with Crippen molar-refractivity contribution >= 4 is 25.5 Å². The Morgan fingerprint density at radius 3 is 2.67 bits per heavy atom. The first-order chi connectivity index (χ1) is 12.8. The van der Waals surface area contributed by atoms with Crippen molar-refractivity contribution in [2.45, 2.75) is 52.3 Å². The number of hydrogen-bond acceptors (Lipinski definition) is 7. The standard InChI is InChI=1S/C17H23ClFO7Se/c18-10-3-8(19)1-2-9(10)17-25-5-11(21)16(26-17)13(23)7-27-6-12(22)15(24)14(27)4-20/h1-3,11-17,20-24H,4-7H2/q+1/t11-,12-,13-,14-,15+,16+,17?,27?/m1/s1. The molecular formula is C17H23ClFO7Se+. The van der Waals surface area contributed by atoms with Crippen molar-refractivity contribution in [3.8, 4) is 0 Å². The molecule has 0 spiro atoms. The molecule has 1 aromatic rings. The maximum atomic E-state index is 13.2. The number of rotatable bonds is 5. The zero-order valence-electron chi connectivity index (χ0n) is 14.3. The minimum atomic E-state index is -1.73. The van der Waals surface area contributed by atoms with E-state index in [1.165, 1.54) is 12.1 Å². The van der Waals surface area contributed by atoms with Crippen molar-refractivity contribution in [3.63, 3.8) is 0 Å². The number of benzene rings is 1. The zero-order valence-corrected chi connectivity index (χ0v) is 16.8. The van der Waals surface area contributed by atoms with Gasteiger partial charge >= 0.3 is 165 Å². The van der Waals surface area contributed by atoms with E-state index in [-0.39, 0.29) is 23.6 Å². The summed E-state index contributed by atoms with van der Waals surface area (Å²) in [5.41, 5.74) is 0.387. The van der Waals surface area contributed by atoms with Crippen LogP contribution in [0, 0.1) is 5.82 Å². The van der Waals surface area contributed by atoms with Crippen molar-refractivity contribution in [2.75, 3.05) is 13.2 Å². The second kappa shape index (κ2) is 9.00. The van der Waals surface area contributed by atoms with Gasteiger partial charge in [0.25, 0.3) is 0 Å². The van der Waals surface area contributed by atoms with Gasteiger partial charge in [0.15, 0.2) is 0 Å². The molecule has 1 aromatic carbocycles. The summed E-state index contributed by atoms with van der Waals surface area (Å²) in [7, 11) is 0. The second-order valence-electron chi connectivity index (χ2n) is 6.72. The van der Waals surface area contributed by atoms with Gasteiger partial charge in [0, 0.05) is 0 Å². The van der Waals surface area contributed by atoms with E-state index >= 15 is 0 Å². The average molecular weight is 473 g/mol. The van der Waals surface area contributed by atoms with Gasteiger partial charge in [-0.15, -0.1) is 0 Å². The Morgan fingerprint density at radius 1 is 1.26 bits per heavy atom. The SMILES string of the molecule is OC[C@@H]1[C@@H](O)[C@H](O)C[Se+]1C[C@@H](O)[C@H]1OC(c2ccc(F)cc2Cl)OC[C@H]1O. The van der Waals surface area contributed by atoms with E-state index in [1.54, 1.807) is 0 Å². The molecule has 27 heavy (non-hydrogen) atoms. The number of aliphatic hydroxyl groups excluding tert-OH is 5. The molecule has 2 heterocycles. The van der Waals surface area contributed by atoms with Gasteiger partial charge in [0.1, 0.15) is 0 Å². The van der Waals surface area contributed by atoms with Gasteiger partial charge in [0.2, 0.25) is 0 Å². The fourth-order valence-electron chi connectivity index (χ4n) is 3.36. The van der Waals surface area contributed by atoms with Crippen LogP contribution in [0.2, 0.25) is 20.5 Å². The van der Waals surface area contributed by atoms with E-state index < -0.39 is 61.3 Å². The van der Waals surface area contributed by atoms with E-state index in [2.05, 4.69) is 0 Å². The summed E-state index contributed by atoms with van der Waals surface area (Å²) in [5, 5.41) is 50.8. The first kappa shape index (κ1) is 21.4. The second-order valence-corrected chi connectivity index (χ2v) is 12.0. The van der Waals surface area contributed by atoms with Gasteiger partial charge in [-0.3, -0.25) is 0 Å². The van der Waals surface area contributed by atoms with Crippen LogP contribution in [0.25, 0.3) is 0 Å². The van der Waals surface area contributed by atoms with Crippen molar-refractivity contribution in [1.82, 2.24) is 0 Å². The van der Waals surface area contributed by atoms with E-state index in [1.807, 2.05) is 0 Å². The van der Waals surface area contributed by atoms with E-state index in [0.717, 1.165) is 6.07 Å². The van der Waals surface area contributed by atoms with Crippen LogP contribution in [0.1, 0.15) is 11.9 Å². The Labute approximate surface area is 165 Å². The summed E-state index contributed by atoms with van der Waals surface area (Å²) < 4.78 is 24.4. The van der Waals surface area contributed by atoms with Crippen molar-refractivity contribution in [3.05, 3.63) is 34.6 Å². The first-order valence-corrected chi connectivity index (χ1v) is 12.3. The van der Waals surface area contributed by atoms with Crippen molar-refractivity contribution in [2.24, 2.45) is 0 Å². The number of ether oxygens (including phenoxy) is 2. The Bertz CT molecular complexity index is 654. The third-order valence-corrected chi connectivity index (χ3v) is 11.1. The molecule has 2 aliphatic heterocycles. The molecule has 2 aliphatic rings. The van der Waals surface area contributed by atoms with Crippen LogP contribution in [-0.4, -0.2) is 83.2 Å². The molecule has 0 saturated carbocycles. The fraction of sp³-hybridized carbons (Fsp3) is 0.647. The molecular weight excluding hydrogens is 450 g/mol. The van der Waals surface area contributed by atoms with Crippen molar-refractivity contribution < 1.29 is 39.4 Å². The van der Waals surface area contributed by atoms with Gasteiger partial charge in [-0.05, 0) is 0 Å². The Morgan fingerprint density at radius 2 is 2.00 bits per heavy atom. The summed E-state index contributed by atoms with van der Waals surface area (Å²) in [6.07, 6.45) is -5.99. The average Bonchev–Trinajstić information content (AvgIpc) is 2.88. The molecule has 0 amide bonds. The summed E-state index contributed by atoms with van der Waals surface area (Å²) in [4.78, 5) is -0.436. The first-order valence-electron chi connectivity index (χ1n) is 8.53. The number of hydrogen-bond donors (Lipinski definition) is 5. The molecule has 10 heteroatoms.